The van der Waals surface area contributed by atoms with E-state index in [-0.39, 0.29) is 15.5 Å². The molecule has 2 rings (SSSR count). The minimum atomic E-state index is -4.63. The first-order chi connectivity index (χ1) is 8.29. The van der Waals surface area contributed by atoms with Crippen LogP contribution in [0.3, 0.4) is 0 Å². The van der Waals surface area contributed by atoms with Crippen molar-refractivity contribution in [2.24, 2.45) is 0 Å². The first kappa shape index (κ1) is 12.9. The lowest BCUT2D eigenvalue weighted by Gasteiger charge is -2.09. The predicted octanol–water partition coefficient (Wildman–Crippen LogP) is 2.01. The van der Waals surface area contributed by atoms with E-state index < -0.39 is 24.0 Å². The second kappa shape index (κ2) is 4.27. The van der Waals surface area contributed by atoms with Crippen molar-refractivity contribution < 1.29 is 13.2 Å². The predicted molar refractivity (Wildman–Crippen MR) is 62.6 cm³/mol. The van der Waals surface area contributed by atoms with Crippen molar-refractivity contribution in [3.63, 3.8) is 0 Å². The fourth-order valence-electron chi connectivity index (χ4n) is 1.56. The molecule has 0 spiro atoms. The Morgan fingerprint density at radius 2 is 1.94 bits per heavy atom. The van der Waals surface area contributed by atoms with Crippen LogP contribution in [-0.4, -0.2) is 15.7 Å². The SMILES string of the molecule is O=c1[nH]c2c(Br)cccc2c(=O)n1CC(F)(F)F. The van der Waals surface area contributed by atoms with E-state index in [0.717, 1.165) is 0 Å². The zero-order valence-electron chi connectivity index (χ0n) is 8.71. The highest BCUT2D eigenvalue weighted by Crippen LogP contribution is 2.19. The van der Waals surface area contributed by atoms with Gasteiger partial charge < -0.3 is 4.98 Å². The average molecular weight is 323 g/mol. The van der Waals surface area contributed by atoms with Gasteiger partial charge in [0.2, 0.25) is 0 Å². The number of aromatic nitrogens is 2. The Labute approximate surface area is 106 Å². The third-order valence-corrected chi connectivity index (χ3v) is 2.96. The van der Waals surface area contributed by atoms with Gasteiger partial charge in [-0.3, -0.25) is 9.36 Å². The molecule has 1 N–H and O–H groups in total. The van der Waals surface area contributed by atoms with Crippen LogP contribution in [0.4, 0.5) is 13.2 Å². The molecule has 0 aliphatic carbocycles. The molecule has 0 fully saturated rings. The Balaban J connectivity index is 2.79. The molecule has 2 aromatic rings. The number of aromatic amines is 1. The Hall–Kier alpha value is -1.57. The summed E-state index contributed by atoms with van der Waals surface area (Å²) in [6.45, 7) is -1.61. The molecule has 0 radical (unpaired) electrons. The summed E-state index contributed by atoms with van der Waals surface area (Å²) in [6, 6.07) is 4.43. The summed E-state index contributed by atoms with van der Waals surface area (Å²) >= 11 is 3.11. The Morgan fingerprint density at radius 3 is 2.56 bits per heavy atom. The van der Waals surface area contributed by atoms with Crippen molar-refractivity contribution >= 4 is 26.8 Å². The fraction of sp³-hybridized carbons (Fsp3) is 0.200. The highest BCUT2D eigenvalue weighted by Gasteiger charge is 2.30. The maximum atomic E-state index is 12.3. The molecule has 0 amide bonds. The summed E-state index contributed by atoms with van der Waals surface area (Å²) in [4.78, 5) is 25.5. The van der Waals surface area contributed by atoms with Gasteiger partial charge in [-0.1, -0.05) is 6.07 Å². The van der Waals surface area contributed by atoms with Gasteiger partial charge in [0.05, 0.1) is 10.9 Å². The van der Waals surface area contributed by atoms with Gasteiger partial charge in [0, 0.05) is 4.47 Å². The van der Waals surface area contributed by atoms with Crippen molar-refractivity contribution in [1.29, 1.82) is 0 Å². The third-order valence-electron chi connectivity index (χ3n) is 2.30. The normalized spacial score (nSPS) is 12.0. The molecule has 0 aliphatic rings. The van der Waals surface area contributed by atoms with Crippen LogP contribution < -0.4 is 11.2 Å². The largest absolute Gasteiger partial charge is 0.406 e. The van der Waals surface area contributed by atoms with E-state index >= 15 is 0 Å². The van der Waals surface area contributed by atoms with Crippen LogP contribution in [0.25, 0.3) is 10.9 Å². The third kappa shape index (κ3) is 2.33. The second-order valence-electron chi connectivity index (χ2n) is 3.60. The van der Waals surface area contributed by atoms with Gasteiger partial charge in [-0.15, -0.1) is 0 Å². The molecule has 18 heavy (non-hydrogen) atoms. The average Bonchev–Trinajstić information content (AvgIpc) is 2.25. The number of fused-ring (bicyclic) bond motifs is 1. The lowest BCUT2D eigenvalue weighted by atomic mass is 10.2. The smallest absolute Gasteiger partial charge is 0.306 e. The van der Waals surface area contributed by atoms with Crippen molar-refractivity contribution in [2.75, 3.05) is 0 Å². The van der Waals surface area contributed by atoms with E-state index in [0.29, 0.717) is 4.47 Å². The number of benzene rings is 1. The number of hydrogen-bond donors (Lipinski definition) is 1. The molecule has 8 heteroatoms. The molecule has 1 heterocycles. The molecule has 0 atom stereocenters. The van der Waals surface area contributed by atoms with Crippen LogP contribution >= 0.6 is 15.9 Å². The Morgan fingerprint density at radius 1 is 1.28 bits per heavy atom. The van der Waals surface area contributed by atoms with Crippen LogP contribution in [0.15, 0.2) is 32.3 Å². The summed E-state index contributed by atoms with van der Waals surface area (Å²) in [5, 5.41) is 0.0215. The second-order valence-corrected chi connectivity index (χ2v) is 4.45. The molecule has 4 nitrogen and oxygen atoms in total. The number of rotatable bonds is 1. The molecule has 0 saturated carbocycles. The van der Waals surface area contributed by atoms with Crippen LogP contribution in [0, 0.1) is 0 Å². The molecule has 0 saturated heterocycles. The number of para-hydroxylation sites is 1. The minimum Gasteiger partial charge on any atom is -0.306 e. The van der Waals surface area contributed by atoms with Crippen LogP contribution in [-0.2, 0) is 6.54 Å². The van der Waals surface area contributed by atoms with Crippen molar-refractivity contribution in [3.05, 3.63) is 43.5 Å². The van der Waals surface area contributed by atoms with Gasteiger partial charge in [-0.25, -0.2) is 4.79 Å². The van der Waals surface area contributed by atoms with Crippen LogP contribution in [0.5, 0.6) is 0 Å². The van der Waals surface area contributed by atoms with Crippen molar-refractivity contribution in [3.8, 4) is 0 Å². The van der Waals surface area contributed by atoms with E-state index in [4.69, 9.17) is 0 Å². The lowest BCUT2D eigenvalue weighted by Crippen LogP contribution is -2.39. The summed E-state index contributed by atoms with van der Waals surface area (Å²) < 4.78 is 37.3. The number of halogens is 4. The highest BCUT2D eigenvalue weighted by molar-refractivity contribution is 9.10. The standard InChI is InChI=1S/C10H6BrF3N2O2/c11-6-3-1-2-5-7(6)15-9(18)16(8(5)17)4-10(12,13)14/h1-3H,4H2,(H,15,18). The number of alkyl halides is 3. The fourth-order valence-corrected chi connectivity index (χ4v) is 2.03. The summed E-state index contributed by atoms with van der Waals surface area (Å²) in [5.41, 5.74) is -1.87. The molecule has 0 bridgehead atoms. The Kier molecular flexibility index (Phi) is 3.05. The molecular formula is C10H6BrF3N2O2. The molecular weight excluding hydrogens is 317 g/mol. The number of nitrogens with one attached hydrogen (secondary N) is 1. The topological polar surface area (TPSA) is 54.9 Å². The number of nitrogens with zero attached hydrogens (tertiary/aromatic N) is 1. The highest BCUT2D eigenvalue weighted by atomic mass is 79.9. The van der Waals surface area contributed by atoms with Gasteiger partial charge in [0.1, 0.15) is 6.54 Å². The monoisotopic (exact) mass is 322 g/mol. The van der Waals surface area contributed by atoms with Gasteiger partial charge in [0.15, 0.2) is 0 Å². The van der Waals surface area contributed by atoms with E-state index in [2.05, 4.69) is 20.9 Å². The summed E-state index contributed by atoms with van der Waals surface area (Å²) in [6.07, 6.45) is -4.63. The minimum absolute atomic E-state index is 0.0215. The van der Waals surface area contributed by atoms with Gasteiger partial charge in [-0.2, -0.15) is 13.2 Å². The molecule has 0 aliphatic heterocycles. The van der Waals surface area contributed by atoms with Crippen molar-refractivity contribution in [1.82, 2.24) is 9.55 Å². The van der Waals surface area contributed by atoms with E-state index in [1.807, 2.05) is 0 Å². The quantitative estimate of drug-likeness (QED) is 0.873. The molecule has 1 aromatic carbocycles. The van der Waals surface area contributed by atoms with E-state index in [9.17, 15) is 22.8 Å². The Bertz CT molecular complexity index is 718. The number of H-pyrrole nitrogens is 1. The molecule has 1 aromatic heterocycles. The number of hydrogen-bond acceptors (Lipinski definition) is 2. The van der Waals surface area contributed by atoms with Crippen LogP contribution in [0.1, 0.15) is 0 Å². The zero-order valence-corrected chi connectivity index (χ0v) is 10.3. The van der Waals surface area contributed by atoms with Crippen LogP contribution in [0.2, 0.25) is 0 Å². The van der Waals surface area contributed by atoms with Crippen molar-refractivity contribution in [2.45, 2.75) is 12.7 Å². The molecule has 96 valence electrons. The first-order valence-corrected chi connectivity index (χ1v) is 5.57. The van der Waals surface area contributed by atoms with Gasteiger partial charge in [0.25, 0.3) is 5.56 Å². The van der Waals surface area contributed by atoms with E-state index in [1.165, 1.54) is 12.1 Å². The summed E-state index contributed by atoms with van der Waals surface area (Å²) in [5.74, 6) is 0. The van der Waals surface area contributed by atoms with E-state index in [1.54, 1.807) is 6.07 Å². The van der Waals surface area contributed by atoms with Gasteiger partial charge >= 0.3 is 11.9 Å². The van der Waals surface area contributed by atoms with Gasteiger partial charge in [-0.05, 0) is 28.1 Å². The lowest BCUT2D eigenvalue weighted by molar-refractivity contribution is -0.141. The maximum Gasteiger partial charge on any atom is 0.406 e. The summed E-state index contributed by atoms with van der Waals surface area (Å²) in [7, 11) is 0. The first-order valence-electron chi connectivity index (χ1n) is 4.78. The maximum absolute atomic E-state index is 12.3. The molecule has 0 unspecified atom stereocenters. The zero-order chi connectivity index (χ0) is 13.5.